The van der Waals surface area contributed by atoms with Crippen molar-refractivity contribution in [2.75, 3.05) is 6.61 Å². The van der Waals surface area contributed by atoms with Gasteiger partial charge in [0.15, 0.2) is 0 Å². The molecule has 51 heavy (non-hydrogen) atoms. The van der Waals surface area contributed by atoms with Gasteiger partial charge in [-0.15, -0.1) is 0 Å². The molecule has 3 N–H and O–H groups in total. The largest absolute Gasteiger partial charge is 0.394 e. The van der Waals surface area contributed by atoms with Gasteiger partial charge in [0.1, 0.15) is 0 Å². The van der Waals surface area contributed by atoms with Gasteiger partial charge < -0.3 is 15.5 Å². The molecule has 0 aromatic carbocycles. The Kier molecular flexibility index (Phi) is 42.3. The molecule has 0 heterocycles. The lowest BCUT2D eigenvalue weighted by Gasteiger charge is -2.22. The standard InChI is InChI=1S/C47H91NO3/c1-3-5-7-9-11-13-15-17-19-21-22-23-24-25-26-27-28-30-32-34-36-38-40-42-46(50)45(44-49)48-47(51)43-41-39-37-35-33-31-29-20-18-16-14-12-10-8-6-4-2/h14,16,20,29,45-46,49-50H,3-13,15,17-19,21-28,30-44H2,1-2H3,(H,48,51)/b16-14-,29-20-. The minimum Gasteiger partial charge on any atom is -0.394 e. The van der Waals surface area contributed by atoms with Crippen molar-refractivity contribution >= 4 is 5.91 Å². The fraction of sp³-hybridized carbons (Fsp3) is 0.894. The molecule has 0 saturated heterocycles. The van der Waals surface area contributed by atoms with Crippen LogP contribution in [-0.4, -0.2) is 34.9 Å². The topological polar surface area (TPSA) is 69.6 Å². The molecule has 2 atom stereocenters. The molecule has 0 aromatic rings. The second kappa shape index (κ2) is 43.3. The zero-order valence-electron chi connectivity index (χ0n) is 34.6. The highest BCUT2D eigenvalue weighted by Crippen LogP contribution is 2.16. The van der Waals surface area contributed by atoms with E-state index in [-0.39, 0.29) is 12.5 Å². The van der Waals surface area contributed by atoms with Crippen LogP contribution < -0.4 is 5.32 Å². The zero-order valence-corrected chi connectivity index (χ0v) is 34.6. The van der Waals surface area contributed by atoms with E-state index in [1.165, 1.54) is 180 Å². The zero-order chi connectivity index (χ0) is 37.1. The first-order chi connectivity index (χ1) is 25.2. The van der Waals surface area contributed by atoms with Crippen LogP contribution in [0.1, 0.15) is 251 Å². The summed E-state index contributed by atoms with van der Waals surface area (Å²) in [5.74, 6) is -0.0428. The van der Waals surface area contributed by atoms with E-state index in [0.29, 0.717) is 12.8 Å². The average molecular weight is 718 g/mol. The summed E-state index contributed by atoms with van der Waals surface area (Å²) in [5, 5.41) is 23.2. The van der Waals surface area contributed by atoms with Gasteiger partial charge >= 0.3 is 0 Å². The maximum Gasteiger partial charge on any atom is 0.220 e. The van der Waals surface area contributed by atoms with E-state index in [9.17, 15) is 15.0 Å². The summed E-state index contributed by atoms with van der Waals surface area (Å²) in [6, 6.07) is -0.542. The van der Waals surface area contributed by atoms with Gasteiger partial charge in [0.2, 0.25) is 5.91 Å². The van der Waals surface area contributed by atoms with Crippen LogP contribution in [-0.2, 0) is 4.79 Å². The van der Waals surface area contributed by atoms with Crippen molar-refractivity contribution in [3.63, 3.8) is 0 Å². The van der Waals surface area contributed by atoms with Gasteiger partial charge in [-0.05, 0) is 44.9 Å². The summed E-state index contributed by atoms with van der Waals surface area (Å²) in [6.07, 6.45) is 55.5. The fourth-order valence-corrected chi connectivity index (χ4v) is 7.16. The smallest absolute Gasteiger partial charge is 0.220 e. The fourth-order valence-electron chi connectivity index (χ4n) is 7.16. The lowest BCUT2D eigenvalue weighted by Crippen LogP contribution is -2.45. The van der Waals surface area contributed by atoms with E-state index in [4.69, 9.17) is 0 Å². The maximum absolute atomic E-state index is 12.4. The lowest BCUT2D eigenvalue weighted by atomic mass is 10.0. The van der Waals surface area contributed by atoms with Gasteiger partial charge in [-0.1, -0.05) is 224 Å². The predicted molar refractivity (Wildman–Crippen MR) is 225 cm³/mol. The Labute approximate surface area is 319 Å². The quantitative estimate of drug-likeness (QED) is 0.0435. The van der Waals surface area contributed by atoms with Gasteiger partial charge in [-0.2, -0.15) is 0 Å². The van der Waals surface area contributed by atoms with E-state index in [1.54, 1.807) is 0 Å². The SMILES string of the molecule is CCCCCC/C=C\C/C=C\CCCCCCCC(=O)NC(CO)C(O)CCCCCCCCCCCCCCCCCCCCCCCCC. The average Bonchev–Trinajstić information content (AvgIpc) is 3.13. The molecule has 1 amide bonds. The summed E-state index contributed by atoms with van der Waals surface area (Å²) < 4.78 is 0. The van der Waals surface area contributed by atoms with Crippen molar-refractivity contribution in [3.8, 4) is 0 Å². The second-order valence-corrected chi connectivity index (χ2v) is 15.8. The van der Waals surface area contributed by atoms with Crippen molar-refractivity contribution in [1.29, 1.82) is 0 Å². The van der Waals surface area contributed by atoms with E-state index >= 15 is 0 Å². The van der Waals surface area contributed by atoms with E-state index in [2.05, 4.69) is 43.5 Å². The molecule has 0 spiro atoms. The number of hydrogen-bond donors (Lipinski definition) is 3. The molecule has 0 aromatic heterocycles. The number of carbonyl (C=O) groups is 1. The molecule has 302 valence electrons. The van der Waals surface area contributed by atoms with Gasteiger partial charge in [0, 0.05) is 6.42 Å². The number of hydrogen-bond acceptors (Lipinski definition) is 3. The number of rotatable bonds is 42. The van der Waals surface area contributed by atoms with E-state index in [0.717, 1.165) is 44.9 Å². The predicted octanol–water partition coefficient (Wildman–Crippen LogP) is 14.4. The normalized spacial score (nSPS) is 13.1. The summed E-state index contributed by atoms with van der Waals surface area (Å²) in [6.45, 7) is 4.35. The highest BCUT2D eigenvalue weighted by Gasteiger charge is 2.20. The summed E-state index contributed by atoms with van der Waals surface area (Å²) in [7, 11) is 0. The Bertz CT molecular complexity index is 735. The molecule has 0 rings (SSSR count). The molecule has 0 aliphatic rings. The number of nitrogens with one attached hydrogen (secondary N) is 1. The minimum atomic E-state index is -0.664. The van der Waals surface area contributed by atoms with Crippen LogP contribution in [0.3, 0.4) is 0 Å². The molecular formula is C47H91NO3. The van der Waals surface area contributed by atoms with Crippen LogP contribution >= 0.6 is 0 Å². The van der Waals surface area contributed by atoms with Crippen molar-refractivity contribution in [2.24, 2.45) is 0 Å². The van der Waals surface area contributed by atoms with Gasteiger partial charge in [0.25, 0.3) is 0 Å². The number of unbranched alkanes of at least 4 members (excludes halogenated alkanes) is 31. The molecule has 0 saturated carbocycles. The summed E-state index contributed by atoms with van der Waals surface area (Å²) >= 11 is 0. The maximum atomic E-state index is 12.4. The van der Waals surface area contributed by atoms with Gasteiger partial charge in [-0.3, -0.25) is 4.79 Å². The third-order valence-corrected chi connectivity index (χ3v) is 10.7. The lowest BCUT2D eigenvalue weighted by molar-refractivity contribution is -0.123. The molecule has 0 aliphatic carbocycles. The Hall–Kier alpha value is -1.13. The van der Waals surface area contributed by atoms with Gasteiger partial charge in [0.05, 0.1) is 18.8 Å². The van der Waals surface area contributed by atoms with Gasteiger partial charge in [-0.25, -0.2) is 0 Å². The molecule has 4 heteroatoms. The van der Waals surface area contributed by atoms with Crippen LogP contribution in [0.5, 0.6) is 0 Å². The Morgan fingerprint density at radius 1 is 0.471 bits per heavy atom. The van der Waals surface area contributed by atoms with Crippen LogP contribution in [0.15, 0.2) is 24.3 Å². The summed E-state index contributed by atoms with van der Waals surface area (Å²) in [5.41, 5.74) is 0. The molecule has 4 nitrogen and oxygen atoms in total. The van der Waals surface area contributed by atoms with Crippen molar-refractivity contribution in [3.05, 3.63) is 24.3 Å². The third-order valence-electron chi connectivity index (χ3n) is 10.7. The van der Waals surface area contributed by atoms with Crippen LogP contribution in [0.25, 0.3) is 0 Å². The molecule has 0 aliphatic heterocycles. The Morgan fingerprint density at radius 3 is 1.20 bits per heavy atom. The Balaban J connectivity index is 3.49. The first kappa shape index (κ1) is 49.9. The molecular weight excluding hydrogens is 627 g/mol. The van der Waals surface area contributed by atoms with Crippen molar-refractivity contribution < 1.29 is 15.0 Å². The first-order valence-electron chi connectivity index (χ1n) is 23.0. The van der Waals surface area contributed by atoms with E-state index < -0.39 is 12.1 Å². The van der Waals surface area contributed by atoms with E-state index in [1.807, 2.05) is 0 Å². The van der Waals surface area contributed by atoms with Crippen molar-refractivity contribution in [1.82, 2.24) is 5.32 Å². The molecule has 0 radical (unpaired) electrons. The highest BCUT2D eigenvalue weighted by molar-refractivity contribution is 5.76. The molecule has 2 unspecified atom stereocenters. The third kappa shape index (κ3) is 39.9. The van der Waals surface area contributed by atoms with Crippen LogP contribution in [0.2, 0.25) is 0 Å². The number of aliphatic hydroxyl groups excluding tert-OH is 2. The number of allylic oxidation sites excluding steroid dienone is 4. The Morgan fingerprint density at radius 2 is 0.804 bits per heavy atom. The molecule has 0 fully saturated rings. The van der Waals surface area contributed by atoms with Crippen molar-refractivity contribution in [2.45, 2.75) is 264 Å². The minimum absolute atomic E-state index is 0.0428. The monoisotopic (exact) mass is 718 g/mol. The highest BCUT2D eigenvalue weighted by atomic mass is 16.3. The van der Waals surface area contributed by atoms with Crippen LogP contribution in [0.4, 0.5) is 0 Å². The number of aliphatic hydroxyl groups is 2. The summed E-state index contributed by atoms with van der Waals surface area (Å²) in [4.78, 5) is 12.4. The number of carbonyl (C=O) groups excluding carboxylic acids is 1. The number of amides is 1. The second-order valence-electron chi connectivity index (χ2n) is 15.8. The molecule has 0 bridgehead atoms. The first-order valence-corrected chi connectivity index (χ1v) is 23.0. The van der Waals surface area contributed by atoms with Crippen LogP contribution in [0, 0.1) is 0 Å².